The van der Waals surface area contributed by atoms with Crippen LogP contribution >= 0.6 is 0 Å². The highest BCUT2D eigenvalue weighted by Gasteiger charge is 2.01. The van der Waals surface area contributed by atoms with Gasteiger partial charge in [-0.15, -0.1) is 10.2 Å². The van der Waals surface area contributed by atoms with Crippen LogP contribution in [0.2, 0.25) is 0 Å². The minimum absolute atomic E-state index is 1.09. The van der Waals surface area contributed by atoms with Crippen LogP contribution in [-0.4, -0.2) is 32.2 Å². The molecule has 0 aromatic rings. The standard InChI is InChI=1S/C6H16N.ClHO4/c1-5-6-7(2,3)4;2-1(3,4)5/h5-6H2,1-4H3;(H,2,3,4,5)/q+1;/p-1. The average molecular weight is 202 g/mol. The third-order valence-corrected chi connectivity index (χ3v) is 0.894. The van der Waals surface area contributed by atoms with Gasteiger partial charge in [-0.05, 0) is 6.42 Å². The Balaban J connectivity index is 0. The van der Waals surface area contributed by atoms with Crippen molar-refractivity contribution >= 4 is 0 Å². The highest BCUT2D eigenvalue weighted by molar-refractivity contribution is 4.20. The van der Waals surface area contributed by atoms with E-state index >= 15 is 0 Å². The lowest BCUT2D eigenvalue weighted by Gasteiger charge is -2.22. The zero-order valence-electron chi connectivity index (χ0n) is 7.87. The van der Waals surface area contributed by atoms with Gasteiger partial charge in [0.15, 0.2) is 0 Å². The maximum Gasteiger partial charge on any atom is 0.0777 e. The molecule has 0 unspecified atom stereocenters. The summed E-state index contributed by atoms with van der Waals surface area (Å²) in [6.07, 6.45) is 1.28. The first-order chi connectivity index (χ1) is 5.06. The number of nitrogens with zero attached hydrogens (tertiary/aromatic N) is 1. The summed E-state index contributed by atoms with van der Waals surface area (Å²) in [5.74, 6) is 0. The van der Waals surface area contributed by atoms with Crippen molar-refractivity contribution in [3.05, 3.63) is 0 Å². The molecule has 0 N–H and O–H groups in total. The number of rotatable bonds is 2. The molecule has 0 radical (unpaired) electrons. The van der Waals surface area contributed by atoms with Gasteiger partial charge in [0.1, 0.15) is 0 Å². The lowest BCUT2D eigenvalue weighted by atomic mass is 10.4. The van der Waals surface area contributed by atoms with Crippen LogP contribution in [-0.2, 0) is 0 Å². The first-order valence-corrected chi connectivity index (χ1v) is 4.72. The van der Waals surface area contributed by atoms with E-state index in [1.54, 1.807) is 0 Å². The molecule has 0 bridgehead atoms. The summed E-state index contributed by atoms with van der Waals surface area (Å²) in [5.41, 5.74) is 0. The second-order valence-electron chi connectivity index (χ2n) is 3.39. The molecule has 0 rings (SSSR count). The quantitative estimate of drug-likeness (QED) is 0.431. The Morgan fingerprint density at radius 1 is 1.00 bits per heavy atom. The molecule has 5 nitrogen and oxygen atoms in total. The van der Waals surface area contributed by atoms with Crippen molar-refractivity contribution in [1.82, 2.24) is 0 Å². The Morgan fingerprint density at radius 2 is 1.25 bits per heavy atom. The highest BCUT2D eigenvalue weighted by Crippen LogP contribution is 1.90. The van der Waals surface area contributed by atoms with E-state index in [-0.39, 0.29) is 0 Å². The van der Waals surface area contributed by atoms with Gasteiger partial charge in [0.2, 0.25) is 0 Å². The maximum absolute atomic E-state index is 8.49. The molecule has 0 saturated carbocycles. The van der Waals surface area contributed by atoms with E-state index in [9.17, 15) is 0 Å². The molecule has 6 heteroatoms. The molecule has 0 heterocycles. The molecular formula is C6H16ClNO4. The van der Waals surface area contributed by atoms with Crippen molar-refractivity contribution in [1.29, 1.82) is 0 Å². The second-order valence-corrected chi connectivity index (χ2v) is 4.15. The lowest BCUT2D eigenvalue weighted by Crippen LogP contribution is -2.68. The summed E-state index contributed by atoms with van der Waals surface area (Å²) in [7, 11) is 1.69. The van der Waals surface area contributed by atoms with E-state index < -0.39 is 10.2 Å². The molecule has 76 valence electrons. The van der Waals surface area contributed by atoms with Crippen molar-refractivity contribution in [3.8, 4) is 0 Å². The molecule has 0 fully saturated rings. The van der Waals surface area contributed by atoms with E-state index in [0.717, 1.165) is 4.48 Å². The molecule has 0 saturated heterocycles. The minimum atomic E-state index is -4.94. The normalized spacial score (nSPS) is 12.0. The number of hydrogen-bond acceptors (Lipinski definition) is 4. The van der Waals surface area contributed by atoms with Crippen molar-refractivity contribution in [2.45, 2.75) is 13.3 Å². The SMILES string of the molecule is CCC[N+](C)(C)C.[O-][Cl+3]([O-])([O-])[O-]. The summed E-state index contributed by atoms with van der Waals surface area (Å²) in [6, 6.07) is 0. The van der Waals surface area contributed by atoms with Crippen LogP contribution in [0.25, 0.3) is 0 Å². The summed E-state index contributed by atoms with van der Waals surface area (Å²) in [5, 5.41) is 0. The van der Waals surface area contributed by atoms with Gasteiger partial charge in [0.05, 0.1) is 27.7 Å². The first-order valence-electron chi connectivity index (χ1n) is 3.48. The third kappa shape index (κ3) is 49.8. The van der Waals surface area contributed by atoms with Gasteiger partial charge >= 0.3 is 0 Å². The van der Waals surface area contributed by atoms with Gasteiger partial charge in [-0.2, -0.15) is 0 Å². The fraction of sp³-hybridized carbons (Fsp3) is 1.00. The molecule has 0 aliphatic rings. The molecule has 0 aliphatic carbocycles. The Morgan fingerprint density at radius 3 is 1.25 bits per heavy atom. The molecule has 0 spiro atoms. The van der Waals surface area contributed by atoms with Gasteiger partial charge in [-0.1, -0.05) is 6.92 Å². The van der Waals surface area contributed by atoms with Crippen LogP contribution in [0, 0.1) is 10.2 Å². The summed E-state index contributed by atoms with van der Waals surface area (Å²) >= 11 is 0. The first kappa shape index (κ1) is 14.6. The van der Waals surface area contributed by atoms with Crippen LogP contribution < -0.4 is 18.6 Å². The summed E-state index contributed by atoms with van der Waals surface area (Å²) in [4.78, 5) is 0. The number of halogens is 1. The van der Waals surface area contributed by atoms with Crippen LogP contribution in [0.1, 0.15) is 13.3 Å². The van der Waals surface area contributed by atoms with E-state index in [1.807, 2.05) is 0 Å². The van der Waals surface area contributed by atoms with E-state index in [1.165, 1.54) is 13.0 Å². The molecule has 12 heavy (non-hydrogen) atoms. The molecule has 0 aliphatic heterocycles. The van der Waals surface area contributed by atoms with Gasteiger partial charge in [0.25, 0.3) is 0 Å². The topological polar surface area (TPSA) is 92.2 Å². The molecule has 0 atom stereocenters. The van der Waals surface area contributed by atoms with Gasteiger partial charge in [-0.3, -0.25) is 0 Å². The van der Waals surface area contributed by atoms with E-state index in [4.69, 9.17) is 18.6 Å². The smallest absolute Gasteiger partial charge is 0.0777 e. The Kier molecular flexibility index (Phi) is 6.92. The van der Waals surface area contributed by atoms with Crippen LogP contribution in [0.3, 0.4) is 0 Å². The average Bonchev–Trinajstić information content (AvgIpc) is 1.54. The van der Waals surface area contributed by atoms with Gasteiger partial charge < -0.3 is 4.48 Å². The third-order valence-electron chi connectivity index (χ3n) is 0.894. The van der Waals surface area contributed by atoms with Crippen molar-refractivity contribution in [2.75, 3.05) is 27.7 Å². The number of hydrogen-bond donors (Lipinski definition) is 0. The van der Waals surface area contributed by atoms with Crippen LogP contribution in [0.15, 0.2) is 0 Å². The van der Waals surface area contributed by atoms with Crippen molar-refractivity contribution in [2.24, 2.45) is 0 Å². The van der Waals surface area contributed by atoms with Crippen molar-refractivity contribution in [3.63, 3.8) is 0 Å². The fourth-order valence-corrected chi connectivity index (χ4v) is 0.671. The molecule has 0 amide bonds. The van der Waals surface area contributed by atoms with Crippen LogP contribution in [0.5, 0.6) is 0 Å². The Bertz CT molecular complexity index is 101. The maximum atomic E-state index is 8.49. The monoisotopic (exact) mass is 201 g/mol. The van der Waals surface area contributed by atoms with E-state index in [2.05, 4.69) is 28.1 Å². The predicted molar refractivity (Wildman–Crippen MR) is 33.2 cm³/mol. The van der Waals surface area contributed by atoms with Crippen molar-refractivity contribution < 1.29 is 33.4 Å². The largest absolute Gasteiger partial charge is 0.331 e. The minimum Gasteiger partial charge on any atom is -0.331 e. The second kappa shape index (κ2) is 5.69. The lowest BCUT2D eigenvalue weighted by molar-refractivity contribution is -2.00. The number of quaternary nitrogens is 1. The molecular weight excluding hydrogens is 186 g/mol. The summed E-state index contributed by atoms with van der Waals surface area (Å²) in [6.45, 7) is 3.49. The Hall–Kier alpha value is 0.0900. The zero-order valence-corrected chi connectivity index (χ0v) is 8.63. The summed E-state index contributed by atoms with van der Waals surface area (Å²) < 4.78 is 35.1. The van der Waals surface area contributed by atoms with E-state index in [0.29, 0.717) is 0 Å². The zero-order chi connectivity index (χ0) is 10.4. The fourth-order valence-electron chi connectivity index (χ4n) is 0.671. The van der Waals surface area contributed by atoms with Gasteiger partial charge in [-0.25, -0.2) is 18.6 Å². The highest BCUT2D eigenvalue weighted by atomic mass is 35.7. The van der Waals surface area contributed by atoms with Gasteiger partial charge in [0, 0.05) is 0 Å². The van der Waals surface area contributed by atoms with Crippen LogP contribution in [0.4, 0.5) is 0 Å². The Labute approximate surface area is 75.2 Å². The molecule has 0 aromatic heterocycles. The predicted octanol–water partition coefficient (Wildman–Crippen LogP) is -3.65. The molecule has 0 aromatic carbocycles.